The van der Waals surface area contributed by atoms with Gasteiger partial charge in [0, 0.05) is 28.6 Å². The van der Waals surface area contributed by atoms with Gasteiger partial charge in [-0.1, -0.05) is 78.9 Å². The molecule has 0 aliphatic rings. The largest absolute Gasteiger partial charge is 0.333 e. The summed E-state index contributed by atoms with van der Waals surface area (Å²) in [5.74, 6) is 0.0449. The molecule has 0 spiro atoms. The van der Waals surface area contributed by atoms with Crippen LogP contribution in [-0.4, -0.2) is 15.3 Å². The maximum Gasteiger partial charge on any atom is 0.251 e. The van der Waals surface area contributed by atoms with E-state index in [9.17, 15) is 9.59 Å². The lowest BCUT2D eigenvalue weighted by molar-refractivity contribution is 0.0985. The van der Waals surface area contributed by atoms with Crippen molar-refractivity contribution in [3.05, 3.63) is 129 Å². The molecule has 0 aliphatic carbocycles. The normalized spacial score (nSPS) is 12.1. The molecule has 0 radical (unpaired) electrons. The Hall–Kier alpha value is -4.18. The Morgan fingerprint density at radius 1 is 0.889 bits per heavy atom. The van der Waals surface area contributed by atoms with Crippen molar-refractivity contribution >= 4 is 16.7 Å². The SMILES string of the molecule is Cc1cc(C)c(CCC(=O)c2c(-c3ccccc3)n(C(C)c3ccccc3)c3ccccc23)c(=O)[nH]1. The van der Waals surface area contributed by atoms with Gasteiger partial charge in [0.1, 0.15) is 0 Å². The molecule has 0 bridgehead atoms. The molecule has 180 valence electrons. The van der Waals surface area contributed by atoms with Gasteiger partial charge in [0.25, 0.3) is 5.56 Å². The number of carbonyl (C=O) groups excluding carboxylic acids is 1. The van der Waals surface area contributed by atoms with Gasteiger partial charge in [-0.15, -0.1) is 0 Å². The van der Waals surface area contributed by atoms with E-state index in [4.69, 9.17) is 0 Å². The minimum absolute atomic E-state index is 0.0232. The molecule has 0 aliphatic heterocycles. The number of aryl methyl sites for hydroxylation is 2. The number of pyridine rings is 1. The van der Waals surface area contributed by atoms with Crippen molar-refractivity contribution < 1.29 is 4.79 Å². The van der Waals surface area contributed by atoms with Gasteiger partial charge in [-0.2, -0.15) is 0 Å². The van der Waals surface area contributed by atoms with Gasteiger partial charge < -0.3 is 9.55 Å². The third kappa shape index (κ3) is 4.31. The fourth-order valence-corrected chi connectivity index (χ4v) is 5.26. The van der Waals surface area contributed by atoms with Gasteiger partial charge >= 0.3 is 0 Å². The quantitative estimate of drug-likeness (QED) is 0.257. The molecule has 0 saturated heterocycles. The highest BCUT2D eigenvalue weighted by Crippen LogP contribution is 2.39. The fourth-order valence-electron chi connectivity index (χ4n) is 5.26. The van der Waals surface area contributed by atoms with Crippen molar-refractivity contribution in [1.29, 1.82) is 0 Å². The van der Waals surface area contributed by atoms with E-state index in [-0.39, 0.29) is 23.8 Å². The van der Waals surface area contributed by atoms with Crippen LogP contribution in [0.25, 0.3) is 22.2 Å². The predicted octanol–water partition coefficient (Wildman–Crippen LogP) is 7.04. The molecule has 0 fully saturated rings. The van der Waals surface area contributed by atoms with E-state index in [2.05, 4.69) is 46.8 Å². The molecule has 0 amide bonds. The van der Waals surface area contributed by atoms with Crippen LogP contribution in [0.1, 0.15) is 52.1 Å². The Morgan fingerprint density at radius 3 is 2.22 bits per heavy atom. The summed E-state index contributed by atoms with van der Waals surface area (Å²) in [6, 6.07) is 30.6. The molecule has 2 aromatic heterocycles. The number of nitrogens with zero attached hydrogens (tertiary/aromatic N) is 1. The highest BCUT2D eigenvalue weighted by molar-refractivity contribution is 6.14. The van der Waals surface area contributed by atoms with E-state index in [0.717, 1.165) is 39.0 Å². The summed E-state index contributed by atoms with van der Waals surface area (Å²) in [6.07, 6.45) is 0.669. The number of rotatable bonds is 7. The minimum Gasteiger partial charge on any atom is -0.333 e. The summed E-state index contributed by atoms with van der Waals surface area (Å²) in [6.45, 7) is 5.99. The molecular weight excluding hydrogens is 444 g/mol. The number of aromatic nitrogens is 2. The Bertz CT molecular complexity index is 1590. The highest BCUT2D eigenvalue weighted by Gasteiger charge is 2.26. The highest BCUT2D eigenvalue weighted by atomic mass is 16.1. The number of para-hydroxylation sites is 1. The lowest BCUT2D eigenvalue weighted by Crippen LogP contribution is -2.17. The second-order valence-electron chi connectivity index (χ2n) is 9.43. The van der Waals surface area contributed by atoms with Gasteiger partial charge in [-0.05, 0) is 56.0 Å². The molecule has 4 heteroatoms. The van der Waals surface area contributed by atoms with Crippen LogP contribution in [0.2, 0.25) is 0 Å². The Labute approximate surface area is 211 Å². The second kappa shape index (κ2) is 9.82. The van der Waals surface area contributed by atoms with Crippen molar-refractivity contribution in [1.82, 2.24) is 9.55 Å². The number of Topliss-reactive ketones (excluding diaryl/α,β-unsaturated/α-hetero) is 1. The van der Waals surface area contributed by atoms with Gasteiger partial charge in [-0.3, -0.25) is 9.59 Å². The lowest BCUT2D eigenvalue weighted by Gasteiger charge is -2.20. The average molecular weight is 475 g/mol. The summed E-state index contributed by atoms with van der Waals surface area (Å²) in [5, 5.41) is 0.943. The number of hydrogen-bond acceptors (Lipinski definition) is 2. The topological polar surface area (TPSA) is 54.9 Å². The van der Waals surface area contributed by atoms with E-state index >= 15 is 0 Å². The molecule has 4 nitrogen and oxygen atoms in total. The maximum absolute atomic E-state index is 14.0. The van der Waals surface area contributed by atoms with E-state index in [0.29, 0.717) is 12.0 Å². The first-order valence-corrected chi connectivity index (χ1v) is 12.4. The smallest absolute Gasteiger partial charge is 0.251 e. The summed E-state index contributed by atoms with van der Waals surface area (Å²) in [7, 11) is 0. The third-order valence-corrected chi connectivity index (χ3v) is 7.00. The first-order chi connectivity index (χ1) is 17.5. The fraction of sp³-hybridized carbons (Fsp3) is 0.188. The zero-order valence-electron chi connectivity index (χ0n) is 20.9. The van der Waals surface area contributed by atoms with Gasteiger partial charge in [0.2, 0.25) is 0 Å². The van der Waals surface area contributed by atoms with Crippen LogP contribution in [-0.2, 0) is 6.42 Å². The van der Waals surface area contributed by atoms with Crippen molar-refractivity contribution in [2.75, 3.05) is 0 Å². The van der Waals surface area contributed by atoms with Crippen molar-refractivity contribution in [3.8, 4) is 11.3 Å². The molecular formula is C32H30N2O2. The van der Waals surface area contributed by atoms with Crippen LogP contribution in [0, 0.1) is 13.8 Å². The van der Waals surface area contributed by atoms with Crippen LogP contribution in [0.5, 0.6) is 0 Å². The maximum atomic E-state index is 14.0. The van der Waals surface area contributed by atoms with E-state index in [1.807, 2.05) is 74.5 Å². The number of H-pyrrole nitrogens is 1. The standard InChI is InChI=1S/C32H30N2O2/c1-21-20-22(2)33-32(36)26(21)18-19-29(35)30-27-16-10-11-17-28(27)34(23(3)24-12-6-4-7-13-24)31(30)25-14-8-5-9-15-25/h4-17,20,23H,18-19H2,1-3H3,(H,33,36). The summed E-state index contributed by atoms with van der Waals surface area (Å²) in [5.41, 5.74) is 7.18. The van der Waals surface area contributed by atoms with E-state index in [1.54, 1.807) is 0 Å². The molecule has 0 saturated carbocycles. The molecule has 1 atom stereocenters. The van der Waals surface area contributed by atoms with Crippen LogP contribution < -0.4 is 5.56 Å². The average Bonchev–Trinajstić information content (AvgIpc) is 3.24. The summed E-state index contributed by atoms with van der Waals surface area (Å²) in [4.78, 5) is 29.4. The number of carbonyl (C=O) groups is 1. The molecule has 1 unspecified atom stereocenters. The van der Waals surface area contributed by atoms with Crippen LogP contribution >= 0.6 is 0 Å². The monoisotopic (exact) mass is 474 g/mol. The van der Waals surface area contributed by atoms with E-state index in [1.165, 1.54) is 5.56 Å². The molecule has 2 heterocycles. The van der Waals surface area contributed by atoms with E-state index < -0.39 is 0 Å². The van der Waals surface area contributed by atoms with Crippen molar-refractivity contribution in [2.45, 2.75) is 39.7 Å². The first-order valence-electron chi connectivity index (χ1n) is 12.4. The van der Waals surface area contributed by atoms with Gasteiger partial charge in [0.15, 0.2) is 5.78 Å². The number of ketones is 1. The number of aromatic amines is 1. The van der Waals surface area contributed by atoms with Crippen LogP contribution in [0.3, 0.4) is 0 Å². The molecule has 36 heavy (non-hydrogen) atoms. The third-order valence-electron chi connectivity index (χ3n) is 7.00. The van der Waals surface area contributed by atoms with Gasteiger partial charge in [0.05, 0.1) is 17.3 Å². The zero-order chi connectivity index (χ0) is 25.2. The first kappa shape index (κ1) is 23.6. The number of benzene rings is 3. The second-order valence-corrected chi connectivity index (χ2v) is 9.43. The van der Waals surface area contributed by atoms with Crippen molar-refractivity contribution in [3.63, 3.8) is 0 Å². The zero-order valence-corrected chi connectivity index (χ0v) is 20.9. The van der Waals surface area contributed by atoms with Crippen LogP contribution in [0.4, 0.5) is 0 Å². The lowest BCUT2D eigenvalue weighted by atomic mass is 9.96. The summed E-state index contributed by atoms with van der Waals surface area (Å²) >= 11 is 0. The molecule has 5 aromatic rings. The minimum atomic E-state index is -0.108. The molecule has 3 aromatic carbocycles. The molecule has 1 N–H and O–H groups in total. The molecule has 5 rings (SSSR count). The number of fused-ring (bicyclic) bond motifs is 1. The Balaban J connectivity index is 1.67. The Kier molecular flexibility index (Phi) is 6.43. The van der Waals surface area contributed by atoms with Crippen molar-refractivity contribution in [2.24, 2.45) is 0 Å². The number of nitrogens with one attached hydrogen (secondary N) is 1. The van der Waals surface area contributed by atoms with Gasteiger partial charge in [-0.25, -0.2) is 0 Å². The predicted molar refractivity (Wildman–Crippen MR) is 147 cm³/mol. The van der Waals surface area contributed by atoms with Crippen LogP contribution in [0.15, 0.2) is 95.8 Å². The Morgan fingerprint density at radius 2 is 1.53 bits per heavy atom. The summed E-state index contributed by atoms with van der Waals surface area (Å²) < 4.78 is 2.29. The number of hydrogen-bond donors (Lipinski definition) is 1.